The lowest BCUT2D eigenvalue weighted by molar-refractivity contribution is -0.160. The van der Waals surface area contributed by atoms with Gasteiger partial charge in [0.05, 0.1) is 39.3 Å². The zero-order chi connectivity index (χ0) is 97.5. The number of benzene rings is 2. The molecule has 1 aliphatic rings. The zero-order valence-electron chi connectivity index (χ0n) is 82.0. The van der Waals surface area contributed by atoms with E-state index in [1.54, 1.807) is 200 Å². The number of urea groups is 1. The minimum atomic E-state index is -1.24. The predicted molar refractivity (Wildman–Crippen MR) is 489 cm³/mol. The van der Waals surface area contributed by atoms with E-state index in [-0.39, 0.29) is 159 Å². The Morgan fingerprint density at radius 3 is 0.992 bits per heavy atom. The Morgan fingerprint density at radius 1 is 0.333 bits per heavy atom. The van der Waals surface area contributed by atoms with Gasteiger partial charge in [0.25, 0.3) is 0 Å². The van der Waals surface area contributed by atoms with Crippen LogP contribution in [0.3, 0.4) is 0 Å². The summed E-state index contributed by atoms with van der Waals surface area (Å²) in [5, 5.41) is 39.5. The number of carbonyl (C=O) groups is 13. The molecule has 732 valence electrons. The SMILES string of the molecule is CC(C)(C)OC(=O)CCC(NC(=O)NC(CCCCNC(=O)CCCCCNC(=O)CCc1ccc(O)c(CN(CCN(CC(=O)OC(C)(C)C)Cc2cc(CCC(=O)NCCNC(=O)CN3CCN(CC(=O)OC(C)(C)C)CCN(CC(=O)OC(C)(C)C)CCN(CC(=O)OC(C)(C)C)CC3)ccc2O)CC(=O)OC(C)(C)C)c1)C(=O)OC(C)(C)C)C(=O)OC(C)(C)C. The highest BCUT2D eigenvalue weighted by atomic mass is 16.6. The van der Waals surface area contributed by atoms with Crippen LogP contribution >= 0.6 is 0 Å². The number of ether oxygens (including phenoxy) is 8. The number of nitrogens with zero attached hydrogens (tertiary/aromatic N) is 6. The molecule has 0 aliphatic carbocycles. The van der Waals surface area contributed by atoms with Gasteiger partial charge in [-0.15, -0.1) is 0 Å². The van der Waals surface area contributed by atoms with E-state index in [0.29, 0.717) is 121 Å². The standard InChI is InChI=1S/C94H158N12O23/c1-87(2,3)122-78(113)41-36-71(85(120)129-94(22,23)24)100-86(121)99-70(84(119)128-93(19,20)21)30-27-29-43-95-74(109)31-26-25-28-42-96-75(110)39-34-66-32-37-72(107)68(56-66)58-105(64-82(117)126-91(13,14)15)54-55-106(65-83(118)127-92(16,17)18)59-69-57-67(33-38-73(69)108)35-40-76(111)97-44-45-98-77(112)60-101-46-48-102(61-79(114)123-88(4,5)6)50-52-104(63-81(116)125-90(10,11)12)53-51-103(49-47-101)62-80(115)124-89(7,8)9/h32-33,37-38,56-57,70-71,107-108H,25-31,34-36,39-55,58-65H2,1-24H3,(H,95,109)(H,96,110)(H,97,111)(H,98,112)(H2,99,100,121). The summed E-state index contributed by atoms with van der Waals surface area (Å²) in [4.78, 5) is 184. The second-order valence-corrected chi connectivity index (χ2v) is 41.0. The van der Waals surface area contributed by atoms with Crippen LogP contribution in [0, 0.1) is 0 Å². The topological polar surface area (TPSA) is 428 Å². The first-order chi connectivity index (χ1) is 59.5. The number of phenols is 2. The summed E-state index contributed by atoms with van der Waals surface area (Å²) in [6, 6.07) is 6.80. The number of nitrogens with one attached hydrogen (secondary N) is 6. The second kappa shape index (κ2) is 53.9. The van der Waals surface area contributed by atoms with Gasteiger partial charge in [0.1, 0.15) is 68.4 Å². The molecular weight excluding hydrogens is 1670 g/mol. The molecule has 2 atom stereocenters. The summed E-state index contributed by atoms with van der Waals surface area (Å²) in [6.07, 6.45) is 3.54. The van der Waals surface area contributed by atoms with Gasteiger partial charge in [0.2, 0.25) is 23.6 Å². The minimum absolute atomic E-state index is 0.0133. The van der Waals surface area contributed by atoms with Gasteiger partial charge in [-0.1, -0.05) is 30.7 Å². The number of carbonyl (C=O) groups excluding carboxylic acids is 13. The van der Waals surface area contributed by atoms with Crippen molar-refractivity contribution in [2.45, 2.75) is 320 Å². The predicted octanol–water partition coefficient (Wildman–Crippen LogP) is 8.23. The van der Waals surface area contributed by atoms with E-state index in [1.165, 1.54) is 12.1 Å². The highest BCUT2D eigenvalue weighted by molar-refractivity contribution is 5.88. The third-order valence-electron chi connectivity index (χ3n) is 18.7. The van der Waals surface area contributed by atoms with Crippen LogP contribution in [0.25, 0.3) is 0 Å². The average molecular weight is 1820 g/mol. The van der Waals surface area contributed by atoms with Crippen LogP contribution in [0.15, 0.2) is 36.4 Å². The van der Waals surface area contributed by atoms with Crippen molar-refractivity contribution in [3.8, 4) is 11.5 Å². The molecule has 2 aromatic rings. The van der Waals surface area contributed by atoms with Crippen LogP contribution in [-0.2, 0) is 121 Å². The molecule has 3 rings (SSSR count). The number of aryl methyl sites for hydroxylation is 2. The number of unbranched alkanes of at least 4 members (excludes halogenated alkanes) is 3. The molecule has 129 heavy (non-hydrogen) atoms. The van der Waals surface area contributed by atoms with Crippen LogP contribution in [0.1, 0.15) is 259 Å². The molecule has 0 bridgehead atoms. The van der Waals surface area contributed by atoms with Crippen molar-refractivity contribution in [3.05, 3.63) is 58.7 Å². The third kappa shape index (κ3) is 56.8. The van der Waals surface area contributed by atoms with Gasteiger partial charge in [-0.3, -0.25) is 77.3 Å². The van der Waals surface area contributed by atoms with E-state index >= 15 is 0 Å². The fourth-order valence-electron chi connectivity index (χ4n) is 13.2. The fourth-order valence-corrected chi connectivity index (χ4v) is 13.2. The first kappa shape index (κ1) is 114. The molecule has 1 saturated heterocycles. The van der Waals surface area contributed by atoms with E-state index in [1.807, 2.05) is 19.6 Å². The summed E-state index contributed by atoms with van der Waals surface area (Å²) >= 11 is 0. The molecule has 1 aliphatic heterocycles. The number of phenolic OH excluding ortho intramolecular Hbond substituents is 2. The number of amides is 6. The Labute approximate surface area is 766 Å². The molecule has 0 aromatic heterocycles. The van der Waals surface area contributed by atoms with Gasteiger partial charge < -0.3 is 80.0 Å². The number of esters is 8. The van der Waals surface area contributed by atoms with Gasteiger partial charge in [0.15, 0.2) is 0 Å². The van der Waals surface area contributed by atoms with Crippen LogP contribution in [0.5, 0.6) is 11.5 Å². The maximum absolute atomic E-state index is 13.7. The first-order valence-electron chi connectivity index (χ1n) is 45.4. The fraction of sp³-hybridized carbons (Fsp3) is 0.734. The van der Waals surface area contributed by atoms with Gasteiger partial charge in [-0.05, 0) is 241 Å². The largest absolute Gasteiger partial charge is 0.508 e. The maximum atomic E-state index is 13.7. The van der Waals surface area contributed by atoms with Crippen LogP contribution in [0.4, 0.5) is 4.79 Å². The van der Waals surface area contributed by atoms with Crippen molar-refractivity contribution >= 4 is 77.4 Å². The van der Waals surface area contributed by atoms with E-state index in [4.69, 9.17) is 37.9 Å². The van der Waals surface area contributed by atoms with Crippen molar-refractivity contribution in [2.24, 2.45) is 0 Å². The van der Waals surface area contributed by atoms with Crippen molar-refractivity contribution in [2.75, 3.05) is 131 Å². The highest BCUT2D eigenvalue weighted by Crippen LogP contribution is 2.26. The van der Waals surface area contributed by atoms with E-state index in [2.05, 4.69) is 31.9 Å². The molecule has 6 amide bonds. The van der Waals surface area contributed by atoms with Crippen molar-refractivity contribution in [3.63, 3.8) is 0 Å². The number of hydrogen-bond acceptors (Lipinski definition) is 29. The summed E-state index contributed by atoms with van der Waals surface area (Å²) in [7, 11) is 0. The van der Waals surface area contributed by atoms with E-state index in [0.717, 1.165) is 5.56 Å². The molecule has 1 heterocycles. The summed E-state index contributed by atoms with van der Waals surface area (Å²) in [5.74, 6) is -5.46. The maximum Gasteiger partial charge on any atom is 0.329 e. The quantitative estimate of drug-likeness (QED) is 0.0176. The number of hydrogen-bond donors (Lipinski definition) is 8. The van der Waals surface area contributed by atoms with Crippen LogP contribution in [0.2, 0.25) is 0 Å². The molecule has 1 fully saturated rings. The molecule has 35 nitrogen and oxygen atoms in total. The Kier molecular flexibility index (Phi) is 47.6. The smallest absolute Gasteiger partial charge is 0.329 e. The molecule has 0 saturated carbocycles. The van der Waals surface area contributed by atoms with Crippen molar-refractivity contribution in [1.29, 1.82) is 0 Å². The molecular formula is C94H158N12O23. The van der Waals surface area contributed by atoms with Crippen molar-refractivity contribution in [1.82, 2.24) is 61.3 Å². The van der Waals surface area contributed by atoms with Gasteiger partial charge in [-0.2, -0.15) is 0 Å². The molecule has 2 aromatic carbocycles. The first-order valence-corrected chi connectivity index (χ1v) is 45.4. The molecule has 2 unspecified atom stereocenters. The zero-order valence-corrected chi connectivity index (χ0v) is 82.0. The van der Waals surface area contributed by atoms with Gasteiger partial charge in [0, 0.05) is 142 Å². The second-order valence-electron chi connectivity index (χ2n) is 41.0. The molecule has 0 spiro atoms. The van der Waals surface area contributed by atoms with E-state index in [9.17, 15) is 72.5 Å². The Morgan fingerprint density at radius 2 is 0.636 bits per heavy atom. The molecule has 35 heteroatoms. The van der Waals surface area contributed by atoms with Gasteiger partial charge in [-0.25, -0.2) is 14.4 Å². The summed E-state index contributed by atoms with van der Waals surface area (Å²) in [6.45, 7) is 45.5. The lowest BCUT2D eigenvalue weighted by Crippen LogP contribution is -2.53. The minimum Gasteiger partial charge on any atom is -0.508 e. The Bertz CT molecular complexity index is 3890. The normalized spacial score (nSPS) is 14.6. The summed E-state index contributed by atoms with van der Waals surface area (Å²) in [5.41, 5.74) is -4.00. The highest BCUT2D eigenvalue weighted by Gasteiger charge is 2.34. The van der Waals surface area contributed by atoms with E-state index < -0.39 is 111 Å². The van der Waals surface area contributed by atoms with Crippen molar-refractivity contribution < 1.29 is 110 Å². The van der Waals surface area contributed by atoms with Crippen LogP contribution in [-0.4, -0.2) is 305 Å². The Balaban J connectivity index is 1.63. The monoisotopic (exact) mass is 1820 g/mol. The molecule has 0 radical (unpaired) electrons. The molecule has 8 N–H and O–H groups in total. The Hall–Kier alpha value is -9.29. The average Bonchev–Trinajstić information content (AvgIpc) is 0.852. The summed E-state index contributed by atoms with van der Waals surface area (Å²) < 4.78 is 45.1. The third-order valence-corrected chi connectivity index (χ3v) is 18.7. The van der Waals surface area contributed by atoms with Crippen LogP contribution < -0.4 is 31.9 Å². The lowest BCUT2D eigenvalue weighted by atomic mass is 10.0. The number of rotatable bonds is 46. The number of aromatic hydroxyl groups is 2. The lowest BCUT2D eigenvalue weighted by Gasteiger charge is -2.34. The van der Waals surface area contributed by atoms with Gasteiger partial charge >= 0.3 is 53.8 Å².